The molecule has 0 aromatic rings. The van der Waals surface area contributed by atoms with Crippen molar-refractivity contribution in [2.45, 2.75) is 143 Å². The topological polar surface area (TPSA) is 95.9 Å². The molecule has 1 saturated heterocycles. The standard InChI is InChI=1S/C40H66N2O5S/c1-7-26(42-19-21-48(46)22-20-42)24-41-40-15-8-9-30(40)27-10-11-34-38(5)17-14-33(47-36(45)32-23-31(35(43)44)37(32,3)4)25(2)28(38)12-16-39(34,6)29(27)13-18-40/h25-34,41H,7-24H2,1-6H3,(H,43,44). The third-order valence-electron chi connectivity index (χ3n) is 17.0. The van der Waals surface area contributed by atoms with Crippen molar-refractivity contribution in [2.75, 3.05) is 31.1 Å². The first-order valence-corrected chi connectivity index (χ1v) is 21.5. The third kappa shape index (κ3) is 5.58. The zero-order chi connectivity index (χ0) is 34.2. The summed E-state index contributed by atoms with van der Waals surface area (Å²) in [6.07, 6.45) is 15.7. The highest BCUT2D eigenvalue weighted by atomic mass is 32.2. The van der Waals surface area contributed by atoms with Gasteiger partial charge in [0.05, 0.1) is 11.8 Å². The van der Waals surface area contributed by atoms with Crippen LogP contribution in [0.5, 0.6) is 0 Å². The van der Waals surface area contributed by atoms with Crippen LogP contribution in [-0.4, -0.2) is 75.0 Å². The summed E-state index contributed by atoms with van der Waals surface area (Å²) in [6, 6.07) is 0.553. The summed E-state index contributed by atoms with van der Waals surface area (Å²) in [5.41, 5.74) is 0.455. The van der Waals surface area contributed by atoms with Crippen LogP contribution in [0.15, 0.2) is 0 Å². The Labute approximate surface area is 293 Å². The number of rotatable bonds is 8. The molecule has 0 aromatic heterocycles. The molecule has 7 nitrogen and oxygen atoms in total. The van der Waals surface area contributed by atoms with Gasteiger partial charge in [-0.25, -0.2) is 0 Å². The van der Waals surface area contributed by atoms with E-state index in [9.17, 15) is 18.9 Å². The number of carbonyl (C=O) groups is 2. The Bertz CT molecular complexity index is 1260. The number of aliphatic carboxylic acids is 1. The van der Waals surface area contributed by atoms with Crippen molar-refractivity contribution in [2.24, 2.45) is 63.6 Å². The summed E-state index contributed by atoms with van der Waals surface area (Å²) in [4.78, 5) is 27.7. The van der Waals surface area contributed by atoms with Crippen molar-refractivity contribution in [1.82, 2.24) is 10.2 Å². The zero-order valence-electron chi connectivity index (χ0n) is 30.9. The first kappa shape index (κ1) is 35.4. The van der Waals surface area contributed by atoms with Gasteiger partial charge in [0.25, 0.3) is 0 Å². The summed E-state index contributed by atoms with van der Waals surface area (Å²) in [6.45, 7) is 16.9. The molecule has 13 atom stereocenters. The SMILES string of the molecule is CCC(CNC12CCCC1C1CCC3C4(C)CCC(OC(=O)C5CC(C(=O)O)C5(C)C)C(C)C4CCC3(C)C1CC2)N1CCS(=O)CC1. The maximum atomic E-state index is 13.4. The number of carbonyl (C=O) groups excluding carboxylic acids is 1. The number of hydrogen-bond donors (Lipinski definition) is 2. The summed E-state index contributed by atoms with van der Waals surface area (Å²) in [5, 5.41) is 13.9. The van der Waals surface area contributed by atoms with E-state index in [1.54, 1.807) is 0 Å². The number of esters is 1. The van der Waals surface area contributed by atoms with Gasteiger partial charge < -0.3 is 15.2 Å². The molecule has 7 fully saturated rings. The van der Waals surface area contributed by atoms with Gasteiger partial charge in [-0.1, -0.05) is 48.0 Å². The number of nitrogens with one attached hydrogen (secondary N) is 1. The maximum absolute atomic E-state index is 13.4. The zero-order valence-corrected chi connectivity index (χ0v) is 31.8. The molecular weight excluding hydrogens is 621 g/mol. The molecule has 7 rings (SSSR count). The molecule has 6 saturated carbocycles. The molecule has 13 unspecified atom stereocenters. The first-order valence-electron chi connectivity index (χ1n) is 20.0. The number of fused-ring (bicyclic) bond motifs is 7. The third-order valence-corrected chi connectivity index (χ3v) is 18.3. The Morgan fingerprint density at radius 3 is 2.27 bits per heavy atom. The van der Waals surface area contributed by atoms with Crippen molar-refractivity contribution < 1.29 is 23.6 Å². The fourth-order valence-corrected chi connectivity index (χ4v) is 15.2. The molecule has 0 aromatic carbocycles. The van der Waals surface area contributed by atoms with Crippen molar-refractivity contribution in [3.8, 4) is 0 Å². The summed E-state index contributed by atoms with van der Waals surface area (Å²) >= 11 is 0. The van der Waals surface area contributed by atoms with Gasteiger partial charge in [-0.05, 0) is 129 Å². The van der Waals surface area contributed by atoms with E-state index in [1.165, 1.54) is 57.8 Å². The van der Waals surface area contributed by atoms with Gasteiger partial charge in [0, 0.05) is 53.5 Å². The van der Waals surface area contributed by atoms with Crippen LogP contribution in [0.1, 0.15) is 125 Å². The number of hydrogen-bond acceptors (Lipinski definition) is 6. The Morgan fingerprint density at radius 2 is 1.58 bits per heavy atom. The monoisotopic (exact) mass is 686 g/mol. The lowest BCUT2D eigenvalue weighted by Crippen LogP contribution is -2.64. The van der Waals surface area contributed by atoms with E-state index in [1.807, 2.05) is 13.8 Å². The minimum atomic E-state index is -0.794. The fraction of sp³-hybridized carbons (Fsp3) is 0.950. The molecule has 0 bridgehead atoms. The second-order valence-corrected chi connectivity index (χ2v) is 20.6. The van der Waals surface area contributed by atoms with Gasteiger partial charge >= 0.3 is 11.9 Å². The quantitative estimate of drug-likeness (QED) is 0.268. The van der Waals surface area contributed by atoms with Crippen LogP contribution in [0, 0.1) is 63.6 Å². The summed E-state index contributed by atoms with van der Waals surface area (Å²) in [7, 11) is -0.621. The fourth-order valence-electron chi connectivity index (χ4n) is 14.1. The predicted octanol–water partition coefficient (Wildman–Crippen LogP) is 6.91. The highest BCUT2D eigenvalue weighted by molar-refractivity contribution is 7.85. The Morgan fingerprint density at radius 1 is 0.896 bits per heavy atom. The molecule has 48 heavy (non-hydrogen) atoms. The maximum Gasteiger partial charge on any atom is 0.309 e. The summed E-state index contributed by atoms with van der Waals surface area (Å²) < 4.78 is 18.3. The molecule has 0 amide bonds. The van der Waals surface area contributed by atoms with E-state index in [4.69, 9.17) is 4.74 Å². The molecule has 2 N–H and O–H groups in total. The molecule has 0 radical (unpaired) electrons. The van der Waals surface area contributed by atoms with Crippen LogP contribution in [-0.2, 0) is 25.1 Å². The van der Waals surface area contributed by atoms with Crippen LogP contribution in [0.2, 0.25) is 0 Å². The molecule has 272 valence electrons. The number of ether oxygens (including phenoxy) is 1. The lowest BCUT2D eigenvalue weighted by Gasteiger charge is -2.68. The van der Waals surface area contributed by atoms with E-state index in [0.717, 1.165) is 74.1 Å². The highest BCUT2D eigenvalue weighted by Crippen LogP contribution is 2.71. The van der Waals surface area contributed by atoms with E-state index >= 15 is 0 Å². The Hall–Kier alpha value is -0.990. The van der Waals surface area contributed by atoms with E-state index < -0.39 is 28.1 Å². The lowest BCUT2D eigenvalue weighted by molar-refractivity contribution is -0.206. The van der Waals surface area contributed by atoms with Crippen molar-refractivity contribution in [1.29, 1.82) is 0 Å². The van der Waals surface area contributed by atoms with E-state index in [2.05, 4.69) is 37.9 Å². The van der Waals surface area contributed by atoms with Crippen LogP contribution < -0.4 is 5.32 Å². The normalized spacial score (nSPS) is 47.8. The van der Waals surface area contributed by atoms with Crippen molar-refractivity contribution in [3.63, 3.8) is 0 Å². The molecule has 8 heteroatoms. The lowest BCUT2D eigenvalue weighted by atomic mass is 9.38. The summed E-state index contributed by atoms with van der Waals surface area (Å²) in [5.74, 6) is 4.08. The number of nitrogens with zero attached hydrogens (tertiary/aromatic N) is 1. The van der Waals surface area contributed by atoms with Gasteiger partial charge in [-0.2, -0.15) is 0 Å². The Kier molecular flexibility index (Phi) is 9.52. The minimum Gasteiger partial charge on any atom is -0.481 e. The first-order chi connectivity index (χ1) is 22.7. The van der Waals surface area contributed by atoms with Crippen molar-refractivity contribution >= 4 is 22.7 Å². The van der Waals surface area contributed by atoms with Crippen LogP contribution in [0.3, 0.4) is 0 Å². The van der Waals surface area contributed by atoms with Crippen LogP contribution >= 0.6 is 0 Å². The molecule has 1 aliphatic heterocycles. The van der Waals surface area contributed by atoms with Gasteiger partial charge in [0.15, 0.2) is 0 Å². The smallest absolute Gasteiger partial charge is 0.309 e. The predicted molar refractivity (Wildman–Crippen MR) is 191 cm³/mol. The van der Waals surface area contributed by atoms with Gasteiger partial charge in [-0.3, -0.25) is 18.7 Å². The molecule has 0 spiro atoms. The van der Waals surface area contributed by atoms with Gasteiger partial charge in [0.1, 0.15) is 6.10 Å². The average Bonchev–Trinajstić information content (AvgIpc) is 3.47. The largest absolute Gasteiger partial charge is 0.481 e. The van der Waals surface area contributed by atoms with Crippen LogP contribution in [0.4, 0.5) is 0 Å². The average molecular weight is 687 g/mol. The second-order valence-electron chi connectivity index (χ2n) is 19.0. The molecule has 7 aliphatic rings. The second kappa shape index (κ2) is 12.9. The molecular formula is C40H66N2O5S. The van der Waals surface area contributed by atoms with Gasteiger partial charge in [-0.15, -0.1) is 0 Å². The molecule has 6 aliphatic carbocycles. The van der Waals surface area contributed by atoms with E-state index in [0.29, 0.717) is 40.7 Å². The van der Waals surface area contributed by atoms with Crippen LogP contribution in [0.25, 0.3) is 0 Å². The minimum absolute atomic E-state index is 0.0464. The van der Waals surface area contributed by atoms with Gasteiger partial charge in [0.2, 0.25) is 0 Å². The Balaban J connectivity index is 1.01. The van der Waals surface area contributed by atoms with E-state index in [-0.39, 0.29) is 18.0 Å². The number of carboxylic acids is 1. The molecule has 1 heterocycles. The van der Waals surface area contributed by atoms with Crippen molar-refractivity contribution in [3.05, 3.63) is 0 Å². The highest BCUT2D eigenvalue weighted by Gasteiger charge is 2.65. The number of carboxylic acid groups (broad SMARTS) is 1.